The normalized spacial score (nSPS) is 10.5. The summed E-state index contributed by atoms with van der Waals surface area (Å²) in [6, 6.07) is 14.2. The summed E-state index contributed by atoms with van der Waals surface area (Å²) in [6.45, 7) is 13.9. The molecule has 0 aliphatic rings. The van der Waals surface area contributed by atoms with Crippen LogP contribution in [0.15, 0.2) is 55.6 Å². The molecule has 0 unspecified atom stereocenters. The minimum absolute atomic E-state index is 0.610. The third-order valence-electron chi connectivity index (χ3n) is 4.12. The van der Waals surface area contributed by atoms with E-state index in [4.69, 9.17) is 9.97 Å². The van der Waals surface area contributed by atoms with Crippen molar-refractivity contribution in [2.75, 3.05) is 0 Å². The average Bonchev–Trinajstić information content (AvgIpc) is 2.62. The van der Waals surface area contributed by atoms with Gasteiger partial charge in [0.15, 0.2) is 5.82 Å². The number of hydrogen-bond donors (Lipinski definition) is 0. The SMILES string of the molecule is C=Cc1c(C)nc(-c2ccc(C)c(-c3ccccc3)n2)nc1C(=C)C. The number of aryl methyl sites for hydroxylation is 2. The Bertz CT molecular complexity index is 957. The van der Waals surface area contributed by atoms with Crippen molar-refractivity contribution >= 4 is 11.6 Å². The van der Waals surface area contributed by atoms with Crippen LogP contribution in [0, 0.1) is 13.8 Å². The number of allylic oxidation sites excluding steroid dienone is 1. The van der Waals surface area contributed by atoms with E-state index < -0.39 is 0 Å². The van der Waals surface area contributed by atoms with Crippen LogP contribution < -0.4 is 0 Å². The summed E-state index contributed by atoms with van der Waals surface area (Å²) in [5.41, 5.74) is 7.41. The van der Waals surface area contributed by atoms with Crippen LogP contribution in [-0.2, 0) is 0 Å². The predicted octanol–water partition coefficient (Wildman–Crippen LogP) is 5.50. The Hall–Kier alpha value is -3.07. The maximum atomic E-state index is 4.83. The first kappa shape index (κ1) is 16.8. The zero-order valence-corrected chi connectivity index (χ0v) is 14.9. The molecule has 0 saturated heterocycles. The van der Waals surface area contributed by atoms with Crippen LogP contribution in [-0.4, -0.2) is 15.0 Å². The Labute approximate surface area is 148 Å². The van der Waals surface area contributed by atoms with Gasteiger partial charge in [0.1, 0.15) is 5.69 Å². The van der Waals surface area contributed by atoms with Crippen LogP contribution in [0.5, 0.6) is 0 Å². The van der Waals surface area contributed by atoms with Gasteiger partial charge in [0.25, 0.3) is 0 Å². The maximum absolute atomic E-state index is 4.83. The molecule has 0 fully saturated rings. The number of nitrogens with zero attached hydrogens (tertiary/aromatic N) is 3. The summed E-state index contributed by atoms with van der Waals surface area (Å²) < 4.78 is 0. The minimum atomic E-state index is 0.610. The molecule has 0 atom stereocenters. The van der Waals surface area contributed by atoms with Gasteiger partial charge in [0, 0.05) is 16.8 Å². The summed E-state index contributed by atoms with van der Waals surface area (Å²) in [5.74, 6) is 0.610. The number of rotatable bonds is 4. The zero-order chi connectivity index (χ0) is 18.0. The second-order valence-corrected chi connectivity index (χ2v) is 6.11. The molecule has 25 heavy (non-hydrogen) atoms. The topological polar surface area (TPSA) is 38.7 Å². The Morgan fingerprint density at radius 1 is 0.960 bits per heavy atom. The molecule has 1 aromatic carbocycles. The minimum Gasteiger partial charge on any atom is -0.244 e. The van der Waals surface area contributed by atoms with Crippen LogP contribution in [0.1, 0.15) is 29.4 Å². The lowest BCUT2D eigenvalue weighted by Gasteiger charge is -2.12. The lowest BCUT2D eigenvalue weighted by atomic mass is 10.1. The van der Waals surface area contributed by atoms with E-state index in [1.165, 1.54) is 0 Å². The van der Waals surface area contributed by atoms with E-state index in [1.54, 1.807) is 6.08 Å². The number of pyridine rings is 1. The molecule has 0 radical (unpaired) electrons. The lowest BCUT2D eigenvalue weighted by Crippen LogP contribution is -2.03. The van der Waals surface area contributed by atoms with Gasteiger partial charge >= 0.3 is 0 Å². The summed E-state index contributed by atoms with van der Waals surface area (Å²) >= 11 is 0. The third-order valence-corrected chi connectivity index (χ3v) is 4.12. The largest absolute Gasteiger partial charge is 0.244 e. The highest BCUT2D eigenvalue weighted by molar-refractivity contribution is 5.72. The van der Waals surface area contributed by atoms with Crippen molar-refractivity contribution in [1.82, 2.24) is 15.0 Å². The highest BCUT2D eigenvalue weighted by atomic mass is 14.9. The summed E-state index contributed by atoms with van der Waals surface area (Å²) in [5, 5.41) is 0. The van der Waals surface area contributed by atoms with Gasteiger partial charge in [-0.2, -0.15) is 0 Å². The molecular weight excluding hydrogens is 306 g/mol. The third kappa shape index (κ3) is 3.26. The van der Waals surface area contributed by atoms with E-state index in [0.29, 0.717) is 5.82 Å². The zero-order valence-electron chi connectivity index (χ0n) is 14.9. The number of hydrogen-bond acceptors (Lipinski definition) is 3. The second kappa shape index (κ2) is 6.81. The standard InChI is InChI=1S/C22H21N3/c1-6-18-16(5)23-22(25-20(18)14(2)3)19-13-12-15(4)21(24-19)17-10-8-7-9-11-17/h6-13H,1-2H2,3-5H3. The molecule has 3 heteroatoms. The summed E-state index contributed by atoms with van der Waals surface area (Å²) in [7, 11) is 0. The van der Waals surface area contributed by atoms with Gasteiger partial charge in [0.2, 0.25) is 0 Å². The Balaban J connectivity index is 2.18. The molecule has 2 aromatic heterocycles. The molecule has 0 N–H and O–H groups in total. The quantitative estimate of drug-likeness (QED) is 0.635. The molecule has 3 nitrogen and oxygen atoms in total. The van der Waals surface area contributed by atoms with E-state index in [9.17, 15) is 0 Å². The molecule has 0 saturated carbocycles. The Morgan fingerprint density at radius 2 is 1.68 bits per heavy atom. The molecule has 124 valence electrons. The molecule has 0 amide bonds. The fourth-order valence-electron chi connectivity index (χ4n) is 2.81. The van der Waals surface area contributed by atoms with Gasteiger partial charge in [-0.3, -0.25) is 0 Å². The highest BCUT2D eigenvalue weighted by Crippen LogP contribution is 2.26. The van der Waals surface area contributed by atoms with Gasteiger partial charge in [-0.25, -0.2) is 15.0 Å². The predicted molar refractivity (Wildman–Crippen MR) is 105 cm³/mol. The van der Waals surface area contributed by atoms with Gasteiger partial charge in [-0.05, 0) is 38.0 Å². The molecule has 0 aliphatic carbocycles. The Morgan fingerprint density at radius 3 is 2.32 bits per heavy atom. The van der Waals surface area contributed by atoms with Crippen LogP contribution in [0.3, 0.4) is 0 Å². The van der Waals surface area contributed by atoms with E-state index >= 15 is 0 Å². The van der Waals surface area contributed by atoms with Crippen molar-refractivity contribution in [2.45, 2.75) is 20.8 Å². The van der Waals surface area contributed by atoms with E-state index in [-0.39, 0.29) is 0 Å². The first-order valence-corrected chi connectivity index (χ1v) is 8.21. The first-order chi connectivity index (χ1) is 12.0. The van der Waals surface area contributed by atoms with Gasteiger partial charge in [-0.15, -0.1) is 0 Å². The van der Waals surface area contributed by atoms with Gasteiger partial charge < -0.3 is 0 Å². The monoisotopic (exact) mass is 327 g/mol. The molecule has 0 aliphatic heterocycles. The molecular formula is C22H21N3. The van der Waals surface area contributed by atoms with Crippen molar-refractivity contribution < 1.29 is 0 Å². The molecule has 0 spiro atoms. The fraction of sp³-hybridized carbons (Fsp3) is 0.136. The van der Waals surface area contributed by atoms with Crippen LogP contribution in [0.25, 0.3) is 34.4 Å². The van der Waals surface area contributed by atoms with Crippen LogP contribution in [0.2, 0.25) is 0 Å². The van der Waals surface area contributed by atoms with Crippen molar-refractivity contribution in [3.05, 3.63) is 78.1 Å². The smallest absolute Gasteiger partial charge is 0.178 e. The van der Waals surface area contributed by atoms with Crippen molar-refractivity contribution in [3.8, 4) is 22.8 Å². The van der Waals surface area contributed by atoms with E-state index in [2.05, 4.69) is 43.3 Å². The average molecular weight is 327 g/mol. The summed E-state index contributed by atoms with van der Waals surface area (Å²) in [6.07, 6.45) is 1.78. The number of aromatic nitrogens is 3. The number of benzene rings is 1. The maximum Gasteiger partial charge on any atom is 0.178 e. The summed E-state index contributed by atoms with van der Waals surface area (Å²) in [4.78, 5) is 14.2. The van der Waals surface area contributed by atoms with Crippen LogP contribution >= 0.6 is 0 Å². The lowest BCUT2D eigenvalue weighted by molar-refractivity contribution is 1.06. The fourth-order valence-corrected chi connectivity index (χ4v) is 2.81. The molecule has 3 aromatic rings. The van der Waals surface area contributed by atoms with Crippen molar-refractivity contribution in [1.29, 1.82) is 0 Å². The second-order valence-electron chi connectivity index (χ2n) is 6.11. The van der Waals surface area contributed by atoms with Gasteiger partial charge in [-0.1, -0.05) is 55.6 Å². The van der Waals surface area contributed by atoms with Crippen molar-refractivity contribution in [2.24, 2.45) is 0 Å². The molecule has 0 bridgehead atoms. The first-order valence-electron chi connectivity index (χ1n) is 8.21. The van der Waals surface area contributed by atoms with Crippen LogP contribution in [0.4, 0.5) is 0 Å². The Kier molecular flexibility index (Phi) is 4.57. The van der Waals surface area contributed by atoms with E-state index in [0.717, 1.165) is 45.0 Å². The molecule has 3 rings (SSSR count). The highest BCUT2D eigenvalue weighted by Gasteiger charge is 2.14. The van der Waals surface area contributed by atoms with Crippen molar-refractivity contribution in [3.63, 3.8) is 0 Å². The van der Waals surface area contributed by atoms with Gasteiger partial charge in [0.05, 0.1) is 11.4 Å². The van der Waals surface area contributed by atoms with E-state index in [1.807, 2.05) is 38.1 Å². The molecule has 2 heterocycles.